The van der Waals surface area contributed by atoms with Crippen LogP contribution in [0.3, 0.4) is 0 Å². The molecule has 0 saturated heterocycles. The molecule has 4 N–H and O–H groups in total. The summed E-state index contributed by atoms with van der Waals surface area (Å²) in [6.07, 6.45) is 1.90. The Hall–Kier alpha value is -1.18. The average molecular weight is 414 g/mol. The van der Waals surface area contributed by atoms with Crippen LogP contribution in [0.4, 0.5) is 4.39 Å². The van der Waals surface area contributed by atoms with E-state index >= 15 is 0 Å². The normalized spacial score (nSPS) is 33.4. The minimum absolute atomic E-state index is 0.123. The molecule has 5 nitrogen and oxygen atoms in total. The molecule has 0 unspecified atom stereocenters. The van der Waals surface area contributed by atoms with E-state index in [2.05, 4.69) is 5.32 Å². The Bertz CT molecular complexity index is 648. The Kier molecular flexibility index (Phi) is 7.71. The van der Waals surface area contributed by atoms with Crippen LogP contribution in [-0.4, -0.2) is 59.5 Å². The first-order valence-corrected chi connectivity index (χ1v) is 10.3. The lowest BCUT2D eigenvalue weighted by molar-refractivity contribution is -0.0633. The van der Waals surface area contributed by atoms with Crippen LogP contribution < -0.4 is 10.1 Å². The molecule has 0 heterocycles. The van der Waals surface area contributed by atoms with E-state index in [1.807, 2.05) is 24.3 Å². The van der Waals surface area contributed by atoms with Gasteiger partial charge < -0.3 is 25.4 Å². The summed E-state index contributed by atoms with van der Waals surface area (Å²) in [6.45, 7) is 0.545. The molecule has 1 aromatic rings. The van der Waals surface area contributed by atoms with E-state index in [-0.39, 0.29) is 5.57 Å². The fourth-order valence-corrected chi connectivity index (χ4v) is 4.13. The van der Waals surface area contributed by atoms with Crippen LogP contribution in [0.5, 0.6) is 5.75 Å². The number of aliphatic hydroxyl groups excluding tert-OH is 3. The van der Waals surface area contributed by atoms with Crippen molar-refractivity contribution in [2.45, 2.75) is 50.0 Å². The van der Waals surface area contributed by atoms with Gasteiger partial charge >= 0.3 is 0 Å². The molecule has 7 heteroatoms. The number of benzene rings is 1. The second kappa shape index (κ2) is 10.0. The lowest BCUT2D eigenvalue weighted by Gasteiger charge is -2.36. The average Bonchev–Trinajstić information content (AvgIpc) is 2.72. The van der Waals surface area contributed by atoms with E-state index in [0.717, 1.165) is 31.4 Å². The number of alkyl halides is 1. The summed E-state index contributed by atoms with van der Waals surface area (Å²) >= 11 is 5.88. The number of ether oxygens (including phenoxy) is 1. The summed E-state index contributed by atoms with van der Waals surface area (Å²) < 4.78 is 18.8. The first-order chi connectivity index (χ1) is 13.5. The molecule has 0 bridgehead atoms. The summed E-state index contributed by atoms with van der Waals surface area (Å²) in [4.78, 5) is 0. The summed E-state index contributed by atoms with van der Waals surface area (Å²) in [5.74, 6) is 1.81. The zero-order valence-electron chi connectivity index (χ0n) is 15.8. The van der Waals surface area contributed by atoms with Crippen LogP contribution in [0.15, 0.2) is 35.9 Å². The van der Waals surface area contributed by atoms with Crippen molar-refractivity contribution in [3.63, 3.8) is 0 Å². The molecule has 0 radical (unpaired) electrons. The standard InChI is InChI=1S/C21H29ClFNO4/c22-16-5-7-17(8-6-16)28-12-14-3-1-13(2-4-14)11-24-18-9-15(10-23)19(25)21(27)20(18)26/h5-9,13-14,18-21,24-27H,1-4,10-12H2/t13?,14?,18-,19+,20+,21+/m1/s1. The molecule has 156 valence electrons. The summed E-state index contributed by atoms with van der Waals surface area (Å²) in [5, 5.41) is 33.7. The SMILES string of the molecule is O[C@@H]1[C@@H](O)[C@@H](O)C(CF)=C[C@H]1NCC1CCC(COc2ccc(Cl)cc2)CC1. The van der Waals surface area contributed by atoms with Crippen molar-refractivity contribution in [1.29, 1.82) is 0 Å². The van der Waals surface area contributed by atoms with Gasteiger partial charge in [0.05, 0.1) is 12.6 Å². The lowest BCUT2D eigenvalue weighted by Crippen LogP contribution is -2.54. The van der Waals surface area contributed by atoms with E-state index in [1.165, 1.54) is 6.08 Å². The molecule has 2 aliphatic rings. The van der Waals surface area contributed by atoms with Gasteiger partial charge in [0, 0.05) is 5.02 Å². The lowest BCUT2D eigenvalue weighted by atomic mass is 9.82. The third kappa shape index (κ3) is 5.45. The summed E-state index contributed by atoms with van der Waals surface area (Å²) in [6, 6.07) is 6.83. The van der Waals surface area contributed by atoms with Crippen LogP contribution in [-0.2, 0) is 0 Å². The molecule has 0 spiro atoms. The molecule has 3 rings (SSSR count). The first-order valence-electron chi connectivity index (χ1n) is 9.90. The Labute approximate surface area is 170 Å². The molecule has 1 aromatic carbocycles. The molecule has 28 heavy (non-hydrogen) atoms. The van der Waals surface area contributed by atoms with Gasteiger partial charge in [-0.3, -0.25) is 0 Å². The van der Waals surface area contributed by atoms with Gasteiger partial charge in [-0.25, -0.2) is 4.39 Å². The molecule has 2 aliphatic carbocycles. The molecule has 1 fully saturated rings. The van der Waals surface area contributed by atoms with Crippen molar-refractivity contribution in [3.8, 4) is 5.75 Å². The van der Waals surface area contributed by atoms with Gasteiger partial charge in [0.25, 0.3) is 0 Å². The highest BCUT2D eigenvalue weighted by Gasteiger charge is 2.37. The number of aliphatic hydroxyl groups is 3. The molecule has 0 amide bonds. The largest absolute Gasteiger partial charge is 0.493 e. The quantitative estimate of drug-likeness (QED) is 0.516. The highest BCUT2D eigenvalue weighted by molar-refractivity contribution is 6.30. The molecule has 0 aliphatic heterocycles. The monoisotopic (exact) mass is 413 g/mol. The maximum absolute atomic E-state index is 13.0. The van der Waals surface area contributed by atoms with Crippen molar-refractivity contribution < 1.29 is 24.4 Å². The van der Waals surface area contributed by atoms with Gasteiger partial charge in [-0.1, -0.05) is 17.7 Å². The van der Waals surface area contributed by atoms with Crippen molar-refractivity contribution >= 4 is 11.6 Å². The predicted molar refractivity (Wildman–Crippen MR) is 106 cm³/mol. The van der Waals surface area contributed by atoms with Crippen LogP contribution in [0.1, 0.15) is 25.7 Å². The highest BCUT2D eigenvalue weighted by atomic mass is 35.5. The Balaban J connectivity index is 1.40. The Morgan fingerprint density at radius 3 is 2.29 bits per heavy atom. The van der Waals surface area contributed by atoms with Crippen molar-refractivity contribution in [1.82, 2.24) is 5.32 Å². The number of nitrogens with one attached hydrogen (secondary N) is 1. The van der Waals surface area contributed by atoms with Crippen molar-refractivity contribution in [2.75, 3.05) is 19.8 Å². The third-order valence-corrected chi connectivity index (χ3v) is 6.13. The zero-order chi connectivity index (χ0) is 20.1. The molecule has 0 aromatic heterocycles. The summed E-state index contributed by atoms with van der Waals surface area (Å²) in [5.41, 5.74) is 0.123. The van der Waals surface area contributed by atoms with Crippen LogP contribution >= 0.6 is 11.6 Å². The second-order valence-electron chi connectivity index (χ2n) is 7.89. The third-order valence-electron chi connectivity index (χ3n) is 5.88. The smallest absolute Gasteiger partial charge is 0.119 e. The van der Waals surface area contributed by atoms with Crippen LogP contribution in [0.25, 0.3) is 0 Å². The van der Waals surface area contributed by atoms with Crippen molar-refractivity contribution in [3.05, 3.63) is 40.9 Å². The molecular formula is C21H29ClFNO4. The summed E-state index contributed by atoms with van der Waals surface area (Å²) in [7, 11) is 0. The number of hydrogen-bond donors (Lipinski definition) is 4. The topological polar surface area (TPSA) is 82.0 Å². The molecule has 1 saturated carbocycles. The van der Waals surface area contributed by atoms with E-state index in [4.69, 9.17) is 16.3 Å². The fourth-order valence-electron chi connectivity index (χ4n) is 4.00. The fraction of sp³-hybridized carbons (Fsp3) is 0.619. The highest BCUT2D eigenvalue weighted by Crippen LogP contribution is 2.30. The van der Waals surface area contributed by atoms with Gasteiger partial charge in [0.2, 0.25) is 0 Å². The zero-order valence-corrected chi connectivity index (χ0v) is 16.6. The minimum atomic E-state index is -1.37. The van der Waals surface area contributed by atoms with E-state index < -0.39 is 31.0 Å². The molecular weight excluding hydrogens is 385 g/mol. The first kappa shape index (κ1) is 21.5. The maximum atomic E-state index is 13.0. The van der Waals surface area contributed by atoms with Gasteiger partial charge in [-0.15, -0.1) is 0 Å². The van der Waals surface area contributed by atoms with E-state index in [0.29, 0.717) is 30.0 Å². The maximum Gasteiger partial charge on any atom is 0.119 e. The number of hydrogen-bond acceptors (Lipinski definition) is 5. The van der Waals surface area contributed by atoms with E-state index in [9.17, 15) is 19.7 Å². The van der Waals surface area contributed by atoms with Crippen molar-refractivity contribution in [2.24, 2.45) is 11.8 Å². The van der Waals surface area contributed by atoms with Gasteiger partial charge in [-0.05, 0) is 73.9 Å². The van der Waals surface area contributed by atoms with Gasteiger partial charge in [0.1, 0.15) is 30.7 Å². The van der Waals surface area contributed by atoms with Gasteiger partial charge in [-0.2, -0.15) is 0 Å². The Morgan fingerprint density at radius 2 is 1.64 bits per heavy atom. The second-order valence-corrected chi connectivity index (χ2v) is 8.32. The number of rotatable bonds is 7. The van der Waals surface area contributed by atoms with E-state index in [1.54, 1.807) is 0 Å². The van der Waals surface area contributed by atoms with Gasteiger partial charge in [0.15, 0.2) is 0 Å². The minimum Gasteiger partial charge on any atom is -0.493 e. The van der Waals surface area contributed by atoms with Crippen LogP contribution in [0, 0.1) is 11.8 Å². The predicted octanol–water partition coefficient (Wildman–Crippen LogP) is 2.48. The van der Waals surface area contributed by atoms with Crippen LogP contribution in [0.2, 0.25) is 5.02 Å². The number of halogens is 2. The molecule has 4 atom stereocenters. The Morgan fingerprint density at radius 1 is 1.00 bits per heavy atom.